The van der Waals surface area contributed by atoms with Crippen LogP contribution in [0.2, 0.25) is 0 Å². The van der Waals surface area contributed by atoms with E-state index in [-0.39, 0.29) is 5.41 Å². The van der Waals surface area contributed by atoms with E-state index in [4.69, 9.17) is 4.74 Å². The number of para-hydroxylation sites is 2. The molecule has 0 unspecified atom stereocenters. The topological polar surface area (TPSA) is 26.3 Å². The van der Waals surface area contributed by atoms with Crippen LogP contribution in [0.5, 0.6) is 11.5 Å². The molecule has 1 aliphatic heterocycles. The van der Waals surface area contributed by atoms with E-state index in [2.05, 4.69) is 12.1 Å². The Balaban J connectivity index is 2.01. The van der Waals surface area contributed by atoms with Gasteiger partial charge >= 0.3 is 0 Å². The summed E-state index contributed by atoms with van der Waals surface area (Å²) in [5.41, 5.74) is 3.38. The van der Waals surface area contributed by atoms with Crippen molar-refractivity contribution >= 4 is 6.29 Å². The van der Waals surface area contributed by atoms with Crippen LogP contribution in [0.15, 0.2) is 60.2 Å². The number of allylic oxidation sites excluding steroid dienone is 2. The second kappa shape index (κ2) is 3.58. The number of carbonyl (C=O) groups is 1. The molecule has 2 nitrogen and oxygen atoms in total. The summed E-state index contributed by atoms with van der Waals surface area (Å²) in [7, 11) is 0. The van der Waals surface area contributed by atoms with Gasteiger partial charge in [-0.15, -0.1) is 0 Å². The van der Waals surface area contributed by atoms with E-state index in [1.54, 1.807) is 6.08 Å². The summed E-state index contributed by atoms with van der Waals surface area (Å²) in [6, 6.07) is 16.2. The largest absolute Gasteiger partial charge is 0.457 e. The van der Waals surface area contributed by atoms with Crippen LogP contribution in [0.4, 0.5) is 0 Å². The Morgan fingerprint density at radius 3 is 2.11 bits per heavy atom. The van der Waals surface area contributed by atoms with Gasteiger partial charge in [-0.1, -0.05) is 36.4 Å². The molecule has 0 aromatic heterocycles. The summed E-state index contributed by atoms with van der Waals surface area (Å²) < 4.78 is 5.96. The van der Waals surface area contributed by atoms with Gasteiger partial charge in [0.25, 0.3) is 0 Å². The number of carbonyl (C=O) groups excluding carboxylic acids is 1. The van der Waals surface area contributed by atoms with E-state index in [9.17, 15) is 4.79 Å². The minimum Gasteiger partial charge on any atom is -0.457 e. The third kappa shape index (κ3) is 1.28. The Morgan fingerprint density at radius 1 is 0.947 bits per heavy atom. The quantitative estimate of drug-likeness (QED) is 0.569. The lowest BCUT2D eigenvalue weighted by Gasteiger charge is -2.27. The number of ether oxygens (including phenoxy) is 1. The highest BCUT2D eigenvalue weighted by Gasteiger charge is 2.55. The molecular formula is C17H12O2. The molecule has 2 heteroatoms. The predicted molar refractivity (Wildman–Crippen MR) is 72.5 cm³/mol. The molecule has 92 valence electrons. The van der Waals surface area contributed by atoms with Crippen molar-refractivity contribution in [3.05, 3.63) is 71.3 Å². The van der Waals surface area contributed by atoms with Gasteiger partial charge in [0, 0.05) is 11.1 Å². The summed E-state index contributed by atoms with van der Waals surface area (Å²) >= 11 is 0. The van der Waals surface area contributed by atoms with Gasteiger partial charge in [0.1, 0.15) is 17.8 Å². The summed E-state index contributed by atoms with van der Waals surface area (Å²) in [6.07, 6.45) is 3.48. The number of aldehydes is 1. The fourth-order valence-electron chi connectivity index (χ4n) is 3.14. The molecule has 2 aliphatic rings. The molecular weight excluding hydrogens is 236 g/mol. The Morgan fingerprint density at radius 2 is 1.53 bits per heavy atom. The highest BCUT2D eigenvalue weighted by Crippen LogP contribution is 2.64. The van der Waals surface area contributed by atoms with Gasteiger partial charge in [0.2, 0.25) is 0 Å². The standard InChI is InChI=1S/C17H12O2/c18-10-9-12-11-17(12)13-5-1-3-7-15(13)19-16-8-4-2-6-14(16)17/h1-10H,11H2. The maximum Gasteiger partial charge on any atom is 0.142 e. The van der Waals surface area contributed by atoms with Crippen molar-refractivity contribution in [2.24, 2.45) is 0 Å². The molecule has 0 saturated heterocycles. The molecule has 1 aliphatic carbocycles. The molecule has 0 atom stereocenters. The van der Waals surface area contributed by atoms with Crippen LogP contribution in [-0.2, 0) is 10.2 Å². The second-order valence-electron chi connectivity index (χ2n) is 5.00. The summed E-state index contributed by atoms with van der Waals surface area (Å²) in [5, 5.41) is 0. The number of hydrogen-bond donors (Lipinski definition) is 0. The maximum atomic E-state index is 10.8. The van der Waals surface area contributed by atoms with E-state index in [1.807, 2.05) is 36.4 Å². The molecule has 1 saturated carbocycles. The van der Waals surface area contributed by atoms with Crippen LogP contribution in [-0.4, -0.2) is 6.29 Å². The number of benzene rings is 2. The van der Waals surface area contributed by atoms with Gasteiger partial charge in [0.05, 0.1) is 5.41 Å². The van der Waals surface area contributed by atoms with Gasteiger partial charge < -0.3 is 4.74 Å². The fraction of sp³-hybridized carbons (Fsp3) is 0.118. The van der Waals surface area contributed by atoms with Crippen LogP contribution in [0.25, 0.3) is 0 Å². The normalized spacial score (nSPS) is 19.5. The third-order valence-electron chi connectivity index (χ3n) is 4.06. The van der Waals surface area contributed by atoms with Crippen molar-refractivity contribution in [1.82, 2.24) is 0 Å². The van der Waals surface area contributed by atoms with E-state index >= 15 is 0 Å². The monoisotopic (exact) mass is 248 g/mol. The van der Waals surface area contributed by atoms with Gasteiger partial charge in [-0.3, -0.25) is 4.79 Å². The van der Waals surface area contributed by atoms with Gasteiger partial charge in [0.15, 0.2) is 0 Å². The van der Waals surface area contributed by atoms with Gasteiger partial charge in [-0.25, -0.2) is 0 Å². The van der Waals surface area contributed by atoms with Crippen molar-refractivity contribution in [1.29, 1.82) is 0 Å². The lowest BCUT2D eigenvalue weighted by Crippen LogP contribution is -2.16. The first-order valence-electron chi connectivity index (χ1n) is 6.38. The Bertz CT molecular complexity index is 667. The minimum absolute atomic E-state index is 0.133. The Hall–Kier alpha value is -2.35. The molecule has 0 N–H and O–H groups in total. The van der Waals surface area contributed by atoms with E-state index < -0.39 is 0 Å². The zero-order valence-electron chi connectivity index (χ0n) is 10.3. The summed E-state index contributed by atoms with van der Waals surface area (Å²) in [5.74, 6) is 1.80. The average molecular weight is 248 g/mol. The smallest absolute Gasteiger partial charge is 0.142 e. The van der Waals surface area contributed by atoms with E-state index in [1.165, 1.54) is 16.7 Å². The molecule has 1 heterocycles. The molecule has 2 aromatic rings. The van der Waals surface area contributed by atoms with Crippen LogP contribution in [0.3, 0.4) is 0 Å². The first-order valence-corrected chi connectivity index (χ1v) is 6.38. The molecule has 1 spiro atoms. The van der Waals surface area contributed by atoms with E-state index in [0.29, 0.717) is 0 Å². The van der Waals surface area contributed by atoms with Crippen molar-refractivity contribution in [3.63, 3.8) is 0 Å². The molecule has 2 aromatic carbocycles. The molecule has 4 rings (SSSR count). The lowest BCUT2D eigenvalue weighted by molar-refractivity contribution is -0.104. The number of fused-ring (bicyclic) bond motifs is 4. The SMILES string of the molecule is O=CC=C1CC12c1ccccc1Oc1ccccc12. The predicted octanol–water partition coefficient (Wildman–Crippen LogP) is 3.61. The van der Waals surface area contributed by atoms with Crippen molar-refractivity contribution in [2.75, 3.05) is 0 Å². The Labute approximate surface area is 111 Å². The van der Waals surface area contributed by atoms with Crippen molar-refractivity contribution in [3.8, 4) is 11.5 Å². The molecule has 0 radical (unpaired) electrons. The maximum absolute atomic E-state index is 10.8. The highest BCUT2D eigenvalue weighted by molar-refractivity contribution is 5.77. The highest BCUT2D eigenvalue weighted by atomic mass is 16.5. The Kier molecular flexibility index (Phi) is 1.99. The summed E-state index contributed by atoms with van der Waals surface area (Å²) in [4.78, 5) is 10.8. The van der Waals surface area contributed by atoms with Crippen molar-refractivity contribution in [2.45, 2.75) is 11.8 Å². The van der Waals surface area contributed by atoms with Crippen LogP contribution in [0.1, 0.15) is 17.5 Å². The third-order valence-corrected chi connectivity index (χ3v) is 4.06. The first kappa shape index (κ1) is 10.6. The lowest BCUT2D eigenvalue weighted by atomic mass is 9.84. The minimum atomic E-state index is -0.133. The van der Waals surface area contributed by atoms with E-state index in [0.717, 1.165) is 24.2 Å². The number of hydrogen-bond acceptors (Lipinski definition) is 2. The van der Waals surface area contributed by atoms with Crippen LogP contribution < -0.4 is 4.74 Å². The molecule has 1 fully saturated rings. The number of rotatable bonds is 1. The van der Waals surface area contributed by atoms with Crippen LogP contribution in [0, 0.1) is 0 Å². The molecule has 0 bridgehead atoms. The van der Waals surface area contributed by atoms with Gasteiger partial charge in [-0.2, -0.15) is 0 Å². The van der Waals surface area contributed by atoms with Gasteiger partial charge in [-0.05, 0) is 30.2 Å². The average Bonchev–Trinajstić information content (AvgIpc) is 3.15. The first-order chi connectivity index (χ1) is 9.36. The molecule has 0 amide bonds. The van der Waals surface area contributed by atoms with Crippen molar-refractivity contribution < 1.29 is 9.53 Å². The second-order valence-corrected chi connectivity index (χ2v) is 5.00. The zero-order chi connectivity index (χ0) is 12.9. The van der Waals surface area contributed by atoms with Crippen LogP contribution >= 0.6 is 0 Å². The fourth-order valence-corrected chi connectivity index (χ4v) is 3.14. The summed E-state index contributed by atoms with van der Waals surface area (Å²) in [6.45, 7) is 0. The zero-order valence-corrected chi connectivity index (χ0v) is 10.3. The molecule has 19 heavy (non-hydrogen) atoms.